The van der Waals surface area contributed by atoms with Crippen LogP contribution in [0.5, 0.6) is 5.75 Å². The number of alkyl halides is 1. The first-order valence-corrected chi connectivity index (χ1v) is 6.51. The summed E-state index contributed by atoms with van der Waals surface area (Å²) in [6.07, 6.45) is 0. The fourth-order valence-corrected chi connectivity index (χ4v) is 1.56. The molecule has 1 N–H and O–H groups in total. The summed E-state index contributed by atoms with van der Waals surface area (Å²) in [5.41, 5.74) is -0.0305. The van der Waals surface area contributed by atoms with Gasteiger partial charge in [-0.3, -0.25) is 0 Å². The molecule has 0 amide bonds. The number of rotatable bonds is 5. The lowest BCUT2D eigenvalue weighted by atomic mass is 10.1. The first kappa shape index (κ1) is 15.4. The summed E-state index contributed by atoms with van der Waals surface area (Å²) in [7, 11) is 0. The minimum atomic E-state index is -1.13. The topological polar surface area (TPSA) is 46.5 Å². The van der Waals surface area contributed by atoms with Crippen LogP contribution in [0.3, 0.4) is 0 Å². The van der Waals surface area contributed by atoms with E-state index in [0.29, 0.717) is 0 Å². The highest BCUT2D eigenvalue weighted by Gasteiger charge is 2.17. The Balaban J connectivity index is 2.93. The summed E-state index contributed by atoms with van der Waals surface area (Å²) >= 11 is 17.6. The zero-order valence-corrected chi connectivity index (χ0v) is 12.2. The van der Waals surface area contributed by atoms with Crippen molar-refractivity contribution in [1.82, 2.24) is 0 Å². The van der Waals surface area contributed by atoms with E-state index in [1.807, 2.05) is 13.8 Å². The number of ether oxygens (including phenoxy) is 1. The summed E-state index contributed by atoms with van der Waals surface area (Å²) in [5, 5.41) is 9.25. The van der Waals surface area contributed by atoms with Crippen molar-refractivity contribution in [2.45, 2.75) is 19.2 Å². The average molecular weight is 312 g/mol. The maximum atomic E-state index is 11.0. The summed E-state index contributed by atoms with van der Waals surface area (Å²) in [6, 6.07) is 2.65. The summed E-state index contributed by atoms with van der Waals surface area (Å²) < 4.78 is 5.40. The normalized spacial score (nSPS) is 12.6. The van der Waals surface area contributed by atoms with Gasteiger partial charge in [0.15, 0.2) is 0 Å². The molecule has 0 bridgehead atoms. The van der Waals surface area contributed by atoms with E-state index in [9.17, 15) is 4.79 Å². The van der Waals surface area contributed by atoms with Crippen LogP contribution in [0, 0.1) is 5.92 Å². The van der Waals surface area contributed by atoms with Gasteiger partial charge in [-0.25, -0.2) is 4.79 Å². The Morgan fingerprint density at radius 2 is 1.89 bits per heavy atom. The zero-order chi connectivity index (χ0) is 13.9. The lowest BCUT2D eigenvalue weighted by molar-refractivity contribution is 0.0692. The van der Waals surface area contributed by atoms with Crippen LogP contribution >= 0.6 is 34.8 Å². The number of aromatic carboxylic acids is 1. The summed E-state index contributed by atoms with van der Waals surface area (Å²) in [5.74, 6) is -0.731. The van der Waals surface area contributed by atoms with E-state index in [0.717, 1.165) is 0 Å². The molecule has 0 fully saturated rings. The molecular weight excluding hydrogens is 298 g/mol. The van der Waals surface area contributed by atoms with Gasteiger partial charge in [0.2, 0.25) is 0 Å². The Morgan fingerprint density at radius 1 is 1.33 bits per heavy atom. The molecule has 18 heavy (non-hydrogen) atoms. The van der Waals surface area contributed by atoms with E-state index in [2.05, 4.69) is 0 Å². The third kappa shape index (κ3) is 3.94. The van der Waals surface area contributed by atoms with Crippen molar-refractivity contribution < 1.29 is 14.6 Å². The second-order valence-electron chi connectivity index (χ2n) is 4.14. The molecule has 0 radical (unpaired) electrons. The Kier molecular flexibility index (Phi) is 5.57. The summed E-state index contributed by atoms with van der Waals surface area (Å²) in [4.78, 5) is 11.0. The highest BCUT2D eigenvalue weighted by atomic mass is 35.5. The molecule has 1 atom stereocenters. The lowest BCUT2D eigenvalue weighted by Crippen LogP contribution is -2.18. The van der Waals surface area contributed by atoms with Crippen LogP contribution in [-0.4, -0.2) is 23.1 Å². The molecule has 1 unspecified atom stereocenters. The third-order valence-corrected chi connectivity index (χ3v) is 3.73. The molecule has 3 nitrogen and oxygen atoms in total. The molecule has 0 aromatic heterocycles. The molecule has 0 saturated heterocycles. The quantitative estimate of drug-likeness (QED) is 0.823. The van der Waals surface area contributed by atoms with Crippen LogP contribution in [0.1, 0.15) is 24.2 Å². The van der Waals surface area contributed by atoms with Crippen LogP contribution in [-0.2, 0) is 0 Å². The fourth-order valence-electron chi connectivity index (χ4n) is 1.18. The van der Waals surface area contributed by atoms with Gasteiger partial charge in [-0.05, 0) is 12.0 Å². The van der Waals surface area contributed by atoms with Crippen molar-refractivity contribution in [2.75, 3.05) is 6.61 Å². The highest BCUT2D eigenvalue weighted by molar-refractivity contribution is 6.42. The van der Waals surface area contributed by atoms with Gasteiger partial charge in [0.1, 0.15) is 17.9 Å². The molecule has 0 aliphatic rings. The molecule has 0 heterocycles. The van der Waals surface area contributed by atoms with E-state index >= 15 is 0 Å². The van der Waals surface area contributed by atoms with Gasteiger partial charge in [-0.1, -0.05) is 37.0 Å². The second-order valence-corrected chi connectivity index (χ2v) is 5.51. The number of hydrogen-bond acceptors (Lipinski definition) is 2. The van der Waals surface area contributed by atoms with E-state index in [4.69, 9.17) is 44.6 Å². The van der Waals surface area contributed by atoms with Crippen molar-refractivity contribution in [3.05, 3.63) is 27.7 Å². The van der Waals surface area contributed by atoms with Crippen LogP contribution in [0.25, 0.3) is 0 Å². The number of carbonyl (C=O) groups is 1. The molecule has 0 saturated carbocycles. The SMILES string of the molecule is CC(C)C(Cl)COc1cc(Cl)c(Cl)cc1C(=O)O. The van der Waals surface area contributed by atoms with Gasteiger partial charge in [0.25, 0.3) is 0 Å². The van der Waals surface area contributed by atoms with Crippen molar-refractivity contribution in [3.63, 3.8) is 0 Å². The molecule has 0 aliphatic heterocycles. The number of halogens is 3. The number of carboxylic acid groups (broad SMARTS) is 1. The standard InChI is InChI=1S/C12H13Cl3O3/c1-6(2)10(15)5-18-11-4-9(14)8(13)3-7(11)12(16)17/h3-4,6,10H,5H2,1-2H3,(H,16,17). The van der Waals surface area contributed by atoms with Crippen molar-refractivity contribution in [2.24, 2.45) is 5.92 Å². The highest BCUT2D eigenvalue weighted by Crippen LogP contribution is 2.31. The Labute approximate surface area is 121 Å². The van der Waals surface area contributed by atoms with Crippen molar-refractivity contribution >= 4 is 40.8 Å². The number of benzene rings is 1. The largest absolute Gasteiger partial charge is 0.491 e. The van der Waals surface area contributed by atoms with Crippen LogP contribution in [0.4, 0.5) is 0 Å². The maximum Gasteiger partial charge on any atom is 0.339 e. The summed E-state index contributed by atoms with van der Waals surface area (Å²) in [6.45, 7) is 4.11. The number of hydrogen-bond donors (Lipinski definition) is 1. The maximum absolute atomic E-state index is 11.0. The van der Waals surface area contributed by atoms with Crippen molar-refractivity contribution in [3.8, 4) is 5.75 Å². The Hall–Kier alpha value is -0.640. The van der Waals surface area contributed by atoms with Crippen LogP contribution in [0.2, 0.25) is 10.0 Å². The molecule has 100 valence electrons. The molecule has 1 rings (SSSR count). The van der Waals surface area contributed by atoms with Gasteiger partial charge < -0.3 is 9.84 Å². The lowest BCUT2D eigenvalue weighted by Gasteiger charge is -2.16. The van der Waals surface area contributed by atoms with Crippen LogP contribution in [0.15, 0.2) is 12.1 Å². The molecule has 0 spiro atoms. The van der Waals surface area contributed by atoms with E-state index in [1.165, 1.54) is 12.1 Å². The molecular formula is C12H13Cl3O3. The Morgan fingerprint density at radius 3 is 2.39 bits per heavy atom. The Bertz CT molecular complexity index is 446. The minimum absolute atomic E-state index is 0.0305. The van der Waals surface area contributed by atoms with Crippen LogP contribution < -0.4 is 4.74 Å². The zero-order valence-electron chi connectivity index (χ0n) is 9.91. The van der Waals surface area contributed by atoms with E-state index in [1.54, 1.807) is 0 Å². The fraction of sp³-hybridized carbons (Fsp3) is 0.417. The molecule has 6 heteroatoms. The predicted molar refractivity (Wildman–Crippen MR) is 73.4 cm³/mol. The molecule has 1 aromatic rings. The predicted octanol–water partition coefficient (Wildman–Crippen LogP) is 4.33. The van der Waals surface area contributed by atoms with Gasteiger partial charge in [0.05, 0.1) is 15.4 Å². The molecule has 1 aromatic carbocycles. The van der Waals surface area contributed by atoms with E-state index in [-0.39, 0.29) is 39.3 Å². The van der Waals surface area contributed by atoms with E-state index < -0.39 is 5.97 Å². The average Bonchev–Trinajstić information content (AvgIpc) is 2.29. The van der Waals surface area contributed by atoms with Crippen molar-refractivity contribution in [1.29, 1.82) is 0 Å². The minimum Gasteiger partial charge on any atom is -0.491 e. The monoisotopic (exact) mass is 310 g/mol. The van der Waals surface area contributed by atoms with Gasteiger partial charge >= 0.3 is 5.97 Å². The number of carboxylic acids is 1. The first-order valence-electron chi connectivity index (χ1n) is 5.32. The van der Waals surface area contributed by atoms with Gasteiger partial charge in [-0.2, -0.15) is 0 Å². The smallest absolute Gasteiger partial charge is 0.339 e. The van der Waals surface area contributed by atoms with Gasteiger partial charge in [-0.15, -0.1) is 11.6 Å². The third-order valence-electron chi connectivity index (χ3n) is 2.37. The van der Waals surface area contributed by atoms with Gasteiger partial charge in [0, 0.05) is 6.07 Å². The molecule has 0 aliphatic carbocycles. The second kappa shape index (κ2) is 6.50. The first-order chi connectivity index (χ1) is 8.32.